The Morgan fingerprint density at radius 1 is 1.02 bits per heavy atom. The van der Waals surface area contributed by atoms with E-state index in [4.69, 9.17) is 9.47 Å². The van der Waals surface area contributed by atoms with E-state index in [1.807, 2.05) is 49.4 Å². The van der Waals surface area contributed by atoms with Crippen LogP contribution < -0.4 is 14.5 Å². The summed E-state index contributed by atoms with van der Waals surface area (Å²) >= 11 is 1.31. The predicted molar refractivity (Wildman–Crippen MR) is 157 cm³/mol. The quantitative estimate of drug-likeness (QED) is 0.190. The van der Waals surface area contributed by atoms with E-state index in [2.05, 4.69) is 10.1 Å². The van der Waals surface area contributed by atoms with Gasteiger partial charge in [0, 0.05) is 18.7 Å². The van der Waals surface area contributed by atoms with Crippen LogP contribution in [0.5, 0.6) is 11.5 Å². The smallest absolute Gasteiger partial charge is 0.280 e. The van der Waals surface area contributed by atoms with Crippen molar-refractivity contribution in [3.63, 3.8) is 0 Å². The molecule has 5 rings (SSSR count). The van der Waals surface area contributed by atoms with E-state index in [9.17, 15) is 13.2 Å². The second-order valence-corrected chi connectivity index (χ2v) is 12.1. The van der Waals surface area contributed by atoms with Gasteiger partial charge in [0.05, 0.1) is 35.0 Å². The lowest BCUT2D eigenvalue weighted by Gasteiger charge is -2.25. The van der Waals surface area contributed by atoms with E-state index < -0.39 is 15.9 Å². The molecule has 4 aromatic rings. The molecule has 1 aliphatic rings. The number of hydrogen-bond donors (Lipinski definition) is 0. The second kappa shape index (κ2) is 12.2. The maximum Gasteiger partial charge on any atom is 0.280 e. The molecule has 2 heterocycles. The van der Waals surface area contributed by atoms with Crippen molar-refractivity contribution in [3.05, 3.63) is 77.9 Å². The normalized spacial score (nSPS) is 14.4. The largest absolute Gasteiger partial charge is 0.497 e. The van der Waals surface area contributed by atoms with Crippen LogP contribution in [0.15, 0.2) is 76.7 Å². The summed E-state index contributed by atoms with van der Waals surface area (Å²) in [6.45, 7) is 3.51. The average Bonchev–Trinajstić information content (AvgIpc) is 3.41. The standard InChI is InChI=1S/C29H30N4O5S2/c1-3-38-23-11-7-21(8-12-23)20-30-33(29-31-26-16-13-24(37-2)19-27(26)39-29)28(34)22-9-14-25(15-10-22)40(35,36)32-17-5-4-6-18-32/h7-16,19-20H,3-6,17-18H2,1-2H3/b30-20+. The minimum Gasteiger partial charge on any atom is -0.497 e. The first-order valence-corrected chi connectivity index (χ1v) is 15.3. The van der Waals surface area contributed by atoms with Gasteiger partial charge in [0.15, 0.2) is 0 Å². The molecule has 0 saturated carbocycles. The summed E-state index contributed by atoms with van der Waals surface area (Å²) in [6.07, 6.45) is 4.32. The van der Waals surface area contributed by atoms with E-state index in [1.54, 1.807) is 13.3 Å². The first kappa shape index (κ1) is 27.8. The highest BCUT2D eigenvalue weighted by Crippen LogP contribution is 2.32. The molecule has 1 amide bonds. The van der Waals surface area contributed by atoms with Crippen molar-refractivity contribution >= 4 is 48.8 Å². The zero-order valence-electron chi connectivity index (χ0n) is 22.3. The van der Waals surface area contributed by atoms with Gasteiger partial charge in [-0.25, -0.2) is 13.4 Å². The Hall–Kier alpha value is -3.80. The number of thiazole rings is 1. The topological polar surface area (TPSA) is 101 Å². The Morgan fingerprint density at radius 2 is 1.73 bits per heavy atom. The Balaban J connectivity index is 1.46. The third kappa shape index (κ3) is 6.01. The van der Waals surface area contributed by atoms with Crippen molar-refractivity contribution < 1.29 is 22.7 Å². The van der Waals surface area contributed by atoms with E-state index in [0.29, 0.717) is 41.7 Å². The molecular weight excluding hydrogens is 548 g/mol. The summed E-state index contributed by atoms with van der Waals surface area (Å²) < 4.78 is 39.3. The summed E-state index contributed by atoms with van der Waals surface area (Å²) in [6, 6.07) is 18.9. The van der Waals surface area contributed by atoms with Crippen molar-refractivity contribution in [1.29, 1.82) is 0 Å². The van der Waals surface area contributed by atoms with Crippen LogP contribution in [0.4, 0.5) is 5.13 Å². The number of carbonyl (C=O) groups is 1. The number of anilines is 1. The zero-order valence-corrected chi connectivity index (χ0v) is 24.0. The summed E-state index contributed by atoms with van der Waals surface area (Å²) in [5.74, 6) is 0.992. The molecule has 0 aliphatic carbocycles. The number of benzene rings is 3. The van der Waals surface area contributed by atoms with Crippen LogP contribution in [0.25, 0.3) is 10.2 Å². The van der Waals surface area contributed by atoms with Crippen LogP contribution >= 0.6 is 11.3 Å². The molecule has 0 bridgehead atoms. The predicted octanol–water partition coefficient (Wildman–Crippen LogP) is 5.56. The summed E-state index contributed by atoms with van der Waals surface area (Å²) in [5, 5.41) is 6.12. The molecule has 0 spiro atoms. The molecule has 0 atom stereocenters. The molecule has 208 valence electrons. The number of ether oxygens (including phenoxy) is 2. The molecule has 1 aromatic heterocycles. The van der Waals surface area contributed by atoms with Gasteiger partial charge < -0.3 is 9.47 Å². The Bertz CT molecular complexity index is 1610. The molecule has 0 N–H and O–H groups in total. The van der Waals surface area contributed by atoms with Gasteiger partial charge in [-0.15, -0.1) is 0 Å². The number of methoxy groups -OCH3 is 1. The highest BCUT2D eigenvalue weighted by atomic mass is 32.2. The van der Waals surface area contributed by atoms with Gasteiger partial charge in [-0.3, -0.25) is 4.79 Å². The average molecular weight is 579 g/mol. The molecule has 0 radical (unpaired) electrons. The van der Waals surface area contributed by atoms with Gasteiger partial charge in [0.2, 0.25) is 15.2 Å². The number of piperidine rings is 1. The highest BCUT2D eigenvalue weighted by Gasteiger charge is 2.27. The molecule has 9 nitrogen and oxygen atoms in total. The van der Waals surface area contributed by atoms with Crippen molar-refractivity contribution in [1.82, 2.24) is 9.29 Å². The van der Waals surface area contributed by atoms with E-state index in [1.165, 1.54) is 44.9 Å². The van der Waals surface area contributed by atoms with Gasteiger partial charge in [-0.05, 0) is 92.1 Å². The lowest BCUT2D eigenvalue weighted by molar-refractivity contribution is 0.0987. The molecule has 40 heavy (non-hydrogen) atoms. The van der Waals surface area contributed by atoms with E-state index in [-0.39, 0.29) is 4.90 Å². The zero-order chi connectivity index (χ0) is 28.1. The third-order valence-electron chi connectivity index (χ3n) is 6.53. The Kier molecular flexibility index (Phi) is 8.43. The minimum absolute atomic E-state index is 0.169. The number of rotatable bonds is 9. The fourth-order valence-corrected chi connectivity index (χ4v) is 6.85. The Morgan fingerprint density at radius 3 is 2.40 bits per heavy atom. The van der Waals surface area contributed by atoms with Gasteiger partial charge in [-0.1, -0.05) is 17.8 Å². The first-order chi connectivity index (χ1) is 19.4. The number of amides is 1. The monoisotopic (exact) mass is 578 g/mol. The van der Waals surface area contributed by atoms with Crippen LogP contribution in [-0.2, 0) is 10.0 Å². The second-order valence-electron chi connectivity index (χ2n) is 9.18. The lowest BCUT2D eigenvalue weighted by atomic mass is 10.2. The molecule has 1 fully saturated rings. The van der Waals surface area contributed by atoms with Crippen LogP contribution in [0.3, 0.4) is 0 Å². The number of aromatic nitrogens is 1. The number of hydrogen-bond acceptors (Lipinski definition) is 8. The maximum atomic E-state index is 13.7. The summed E-state index contributed by atoms with van der Waals surface area (Å²) in [7, 11) is -2.02. The number of nitrogens with zero attached hydrogens (tertiary/aromatic N) is 4. The molecule has 0 unspecified atom stereocenters. The van der Waals surface area contributed by atoms with Gasteiger partial charge in [0.1, 0.15) is 11.5 Å². The van der Waals surface area contributed by atoms with Crippen LogP contribution in [0, 0.1) is 0 Å². The van der Waals surface area contributed by atoms with Crippen molar-refractivity contribution in [3.8, 4) is 11.5 Å². The number of carbonyl (C=O) groups excluding carboxylic acids is 1. The van der Waals surface area contributed by atoms with E-state index >= 15 is 0 Å². The number of sulfonamides is 1. The molecule has 11 heteroatoms. The fourth-order valence-electron chi connectivity index (χ4n) is 4.39. The third-order valence-corrected chi connectivity index (χ3v) is 9.43. The van der Waals surface area contributed by atoms with Gasteiger partial charge >= 0.3 is 0 Å². The maximum absolute atomic E-state index is 13.7. The first-order valence-electron chi connectivity index (χ1n) is 13.0. The summed E-state index contributed by atoms with van der Waals surface area (Å²) in [4.78, 5) is 18.5. The summed E-state index contributed by atoms with van der Waals surface area (Å²) in [5.41, 5.74) is 1.77. The molecule has 1 aliphatic heterocycles. The van der Waals surface area contributed by atoms with Crippen molar-refractivity contribution in [2.45, 2.75) is 31.1 Å². The minimum atomic E-state index is -3.61. The highest BCUT2D eigenvalue weighted by molar-refractivity contribution is 7.89. The van der Waals surface area contributed by atoms with Crippen LogP contribution in [0.2, 0.25) is 0 Å². The molecule has 3 aromatic carbocycles. The number of fused-ring (bicyclic) bond motifs is 1. The van der Waals surface area contributed by atoms with Crippen LogP contribution in [-0.4, -0.2) is 56.6 Å². The molecule has 1 saturated heterocycles. The molecular formula is C29H30N4O5S2. The van der Waals surface area contributed by atoms with Crippen molar-refractivity contribution in [2.75, 3.05) is 31.8 Å². The SMILES string of the molecule is CCOc1ccc(/C=N/N(C(=O)c2ccc(S(=O)(=O)N3CCCCC3)cc2)c2nc3ccc(OC)cc3s2)cc1. The van der Waals surface area contributed by atoms with Crippen molar-refractivity contribution in [2.24, 2.45) is 5.10 Å². The number of hydrazone groups is 1. The van der Waals surface area contributed by atoms with Gasteiger partial charge in [0.25, 0.3) is 5.91 Å². The fraction of sp³-hybridized carbons (Fsp3) is 0.276. The van der Waals surface area contributed by atoms with Gasteiger partial charge in [-0.2, -0.15) is 14.4 Å². The van der Waals surface area contributed by atoms with E-state index in [0.717, 1.165) is 35.3 Å². The van der Waals surface area contributed by atoms with Crippen LogP contribution in [0.1, 0.15) is 42.1 Å². The Labute approximate surface area is 237 Å². The lowest BCUT2D eigenvalue weighted by Crippen LogP contribution is -2.35.